The van der Waals surface area contributed by atoms with Gasteiger partial charge in [-0.15, -0.1) is 0 Å². The molecule has 0 amide bonds. The molecule has 0 radical (unpaired) electrons. The lowest BCUT2D eigenvalue weighted by atomic mass is 10.1. The molecule has 1 fully saturated rings. The van der Waals surface area contributed by atoms with Gasteiger partial charge in [0.25, 0.3) is 0 Å². The van der Waals surface area contributed by atoms with Gasteiger partial charge < -0.3 is 10.6 Å². The van der Waals surface area contributed by atoms with Crippen molar-refractivity contribution in [3.05, 3.63) is 23.8 Å². The second-order valence-corrected chi connectivity index (χ2v) is 5.45. The van der Waals surface area contributed by atoms with Crippen LogP contribution in [0.3, 0.4) is 0 Å². The van der Waals surface area contributed by atoms with E-state index >= 15 is 0 Å². The number of benzene rings is 1. The second-order valence-electron chi connectivity index (χ2n) is 4.23. The van der Waals surface area contributed by atoms with Crippen LogP contribution in [0.2, 0.25) is 0 Å². The predicted molar refractivity (Wildman–Crippen MR) is 70.0 cm³/mol. The van der Waals surface area contributed by atoms with E-state index in [0.29, 0.717) is 13.1 Å². The fourth-order valence-electron chi connectivity index (χ4n) is 2.04. The Morgan fingerprint density at radius 3 is 2.67 bits per heavy atom. The van der Waals surface area contributed by atoms with Gasteiger partial charge in [-0.25, -0.2) is 0 Å². The summed E-state index contributed by atoms with van der Waals surface area (Å²) < 4.78 is 39.0. The minimum atomic E-state index is -4.36. The first-order chi connectivity index (χ1) is 8.48. The van der Waals surface area contributed by atoms with Gasteiger partial charge in [0.15, 0.2) is 0 Å². The maximum Gasteiger partial charge on any atom is 0.418 e. The van der Waals surface area contributed by atoms with Gasteiger partial charge >= 0.3 is 6.18 Å². The Hall–Kier alpha value is -1.04. The Morgan fingerprint density at radius 1 is 1.17 bits per heavy atom. The third-order valence-electron chi connectivity index (χ3n) is 2.89. The van der Waals surface area contributed by atoms with Crippen molar-refractivity contribution in [1.29, 1.82) is 0 Å². The maximum atomic E-state index is 13.0. The zero-order chi connectivity index (χ0) is 13.2. The fourth-order valence-corrected chi connectivity index (χ4v) is 2.93. The minimum Gasteiger partial charge on any atom is -0.399 e. The lowest BCUT2D eigenvalue weighted by Crippen LogP contribution is -2.28. The van der Waals surface area contributed by atoms with E-state index in [0.717, 1.165) is 24.0 Å². The number of halogens is 3. The van der Waals surface area contributed by atoms with Gasteiger partial charge in [-0.3, -0.25) is 0 Å². The highest BCUT2D eigenvalue weighted by molar-refractivity contribution is 7.99. The van der Waals surface area contributed by atoms with Crippen LogP contribution in [0.15, 0.2) is 18.2 Å². The summed E-state index contributed by atoms with van der Waals surface area (Å²) in [6.45, 7) is 1.32. The summed E-state index contributed by atoms with van der Waals surface area (Å²) in [5.74, 6) is 1.87. The number of hydrogen-bond acceptors (Lipinski definition) is 3. The number of nitrogens with zero attached hydrogens (tertiary/aromatic N) is 1. The van der Waals surface area contributed by atoms with Crippen molar-refractivity contribution < 1.29 is 13.2 Å². The van der Waals surface area contributed by atoms with E-state index in [1.807, 2.05) is 4.90 Å². The Morgan fingerprint density at radius 2 is 1.94 bits per heavy atom. The molecule has 1 aromatic rings. The van der Waals surface area contributed by atoms with Crippen LogP contribution in [0.5, 0.6) is 0 Å². The molecule has 1 heterocycles. The van der Waals surface area contributed by atoms with Gasteiger partial charge in [0.2, 0.25) is 0 Å². The molecule has 0 unspecified atom stereocenters. The highest BCUT2D eigenvalue weighted by Crippen LogP contribution is 2.38. The van der Waals surface area contributed by atoms with Crippen LogP contribution in [0.4, 0.5) is 24.5 Å². The highest BCUT2D eigenvalue weighted by atomic mass is 32.2. The van der Waals surface area contributed by atoms with E-state index < -0.39 is 11.7 Å². The van der Waals surface area contributed by atoms with Crippen molar-refractivity contribution in [2.45, 2.75) is 12.6 Å². The second kappa shape index (κ2) is 5.30. The molecule has 2 nitrogen and oxygen atoms in total. The normalized spacial score (nSPS) is 17.6. The third-order valence-corrected chi connectivity index (χ3v) is 3.94. The fraction of sp³-hybridized carbons (Fsp3) is 0.500. The molecule has 0 spiro atoms. The molecule has 1 aliphatic rings. The summed E-state index contributed by atoms with van der Waals surface area (Å²) in [6.07, 6.45) is -3.45. The molecule has 0 bridgehead atoms. The average molecular weight is 276 g/mol. The van der Waals surface area contributed by atoms with Gasteiger partial charge in [0.05, 0.1) is 5.56 Å². The lowest BCUT2D eigenvalue weighted by molar-refractivity contribution is -0.137. The van der Waals surface area contributed by atoms with E-state index in [-0.39, 0.29) is 11.4 Å². The smallest absolute Gasteiger partial charge is 0.399 e. The van der Waals surface area contributed by atoms with E-state index in [1.165, 1.54) is 12.1 Å². The first kappa shape index (κ1) is 13.4. The zero-order valence-corrected chi connectivity index (χ0v) is 10.7. The summed E-state index contributed by atoms with van der Waals surface area (Å²) in [5, 5.41) is 0. The number of hydrogen-bond donors (Lipinski definition) is 1. The van der Waals surface area contributed by atoms with Crippen LogP contribution in [-0.2, 0) is 6.18 Å². The summed E-state index contributed by atoms with van der Waals surface area (Å²) in [6, 6.07) is 4.03. The topological polar surface area (TPSA) is 29.3 Å². The monoisotopic (exact) mass is 276 g/mol. The van der Waals surface area contributed by atoms with Crippen LogP contribution in [0.25, 0.3) is 0 Å². The predicted octanol–water partition coefficient (Wildman–Crippen LogP) is 3.23. The largest absolute Gasteiger partial charge is 0.418 e. The van der Waals surface area contributed by atoms with Crippen LogP contribution in [0.1, 0.15) is 12.0 Å². The maximum absolute atomic E-state index is 13.0. The molecule has 0 atom stereocenters. The molecule has 100 valence electrons. The van der Waals surface area contributed by atoms with Gasteiger partial charge in [-0.2, -0.15) is 24.9 Å². The van der Waals surface area contributed by atoms with Crippen molar-refractivity contribution in [2.75, 3.05) is 35.2 Å². The van der Waals surface area contributed by atoms with Crippen molar-refractivity contribution in [2.24, 2.45) is 0 Å². The van der Waals surface area contributed by atoms with Crippen molar-refractivity contribution in [3.8, 4) is 0 Å². The molecule has 1 saturated heterocycles. The van der Waals surface area contributed by atoms with Gasteiger partial charge in [0, 0.05) is 30.2 Å². The van der Waals surface area contributed by atoms with Gasteiger partial charge in [0.1, 0.15) is 0 Å². The first-order valence-corrected chi connectivity index (χ1v) is 6.93. The number of rotatable bonds is 1. The standard InChI is InChI=1S/C12H15F3N2S/c13-12(14,15)10-8-9(16)2-3-11(10)17-4-1-6-18-7-5-17/h2-3,8H,1,4-7,16H2. The number of nitrogens with two attached hydrogens (primary N) is 1. The van der Waals surface area contributed by atoms with Gasteiger partial charge in [-0.1, -0.05) is 0 Å². The zero-order valence-electron chi connectivity index (χ0n) is 9.83. The molecule has 0 aliphatic carbocycles. The Kier molecular flexibility index (Phi) is 3.94. The van der Waals surface area contributed by atoms with Crippen LogP contribution in [-0.4, -0.2) is 24.6 Å². The van der Waals surface area contributed by atoms with Crippen LogP contribution < -0.4 is 10.6 Å². The molecule has 0 aromatic heterocycles. The summed E-state index contributed by atoms with van der Waals surface area (Å²) >= 11 is 1.78. The van der Waals surface area contributed by atoms with Crippen molar-refractivity contribution in [1.82, 2.24) is 0 Å². The van der Waals surface area contributed by atoms with E-state index in [9.17, 15) is 13.2 Å². The molecule has 6 heteroatoms. The third kappa shape index (κ3) is 3.04. The van der Waals surface area contributed by atoms with Crippen molar-refractivity contribution in [3.63, 3.8) is 0 Å². The number of thioether (sulfide) groups is 1. The SMILES string of the molecule is Nc1ccc(N2CCCSCC2)c(C(F)(F)F)c1. The Labute approximate surface area is 108 Å². The Balaban J connectivity index is 2.36. The number of nitrogen functional groups attached to an aromatic ring is 1. The molecule has 0 saturated carbocycles. The molecule has 1 aromatic carbocycles. The minimum absolute atomic E-state index is 0.148. The van der Waals surface area contributed by atoms with E-state index in [2.05, 4.69) is 0 Å². The molecule has 18 heavy (non-hydrogen) atoms. The Bertz CT molecular complexity index is 412. The average Bonchev–Trinajstić information content (AvgIpc) is 2.56. The van der Waals surface area contributed by atoms with E-state index in [4.69, 9.17) is 5.73 Å². The van der Waals surface area contributed by atoms with Gasteiger partial charge in [-0.05, 0) is 30.4 Å². The number of anilines is 2. The van der Waals surface area contributed by atoms with Crippen LogP contribution >= 0.6 is 11.8 Å². The molecular weight excluding hydrogens is 261 g/mol. The summed E-state index contributed by atoms with van der Waals surface area (Å²) in [4.78, 5) is 1.81. The lowest BCUT2D eigenvalue weighted by Gasteiger charge is -2.26. The summed E-state index contributed by atoms with van der Waals surface area (Å²) in [7, 11) is 0. The van der Waals surface area contributed by atoms with Crippen molar-refractivity contribution >= 4 is 23.1 Å². The highest BCUT2D eigenvalue weighted by Gasteiger charge is 2.35. The molecular formula is C12H15F3N2S. The molecule has 2 N–H and O–H groups in total. The summed E-state index contributed by atoms with van der Waals surface area (Å²) in [5.41, 5.74) is 5.23. The molecule has 2 rings (SSSR count). The number of alkyl halides is 3. The molecule has 1 aliphatic heterocycles. The van der Waals surface area contributed by atoms with Crippen LogP contribution in [0, 0.1) is 0 Å². The first-order valence-electron chi connectivity index (χ1n) is 5.78. The quantitative estimate of drug-likeness (QED) is 0.798. The van der Waals surface area contributed by atoms with E-state index in [1.54, 1.807) is 11.8 Å².